The maximum Gasteiger partial charge on any atom is 0.314 e. The van der Waals surface area contributed by atoms with Crippen LogP contribution in [-0.2, 0) is 24.2 Å². The number of benzene rings is 2. The van der Waals surface area contributed by atoms with E-state index in [0.717, 1.165) is 18.5 Å². The van der Waals surface area contributed by atoms with Crippen LogP contribution in [0.2, 0.25) is 0 Å². The molecule has 2 aromatic carbocycles. The van der Waals surface area contributed by atoms with Crippen LogP contribution in [0.3, 0.4) is 0 Å². The average Bonchev–Trinajstić information content (AvgIpc) is 2.76. The van der Waals surface area contributed by atoms with Crippen molar-refractivity contribution < 1.29 is 14.4 Å². The van der Waals surface area contributed by atoms with E-state index in [0.29, 0.717) is 44.5 Å². The number of amides is 4. The van der Waals surface area contributed by atoms with Gasteiger partial charge in [0.2, 0.25) is 11.8 Å². The molecule has 0 aromatic heterocycles. The zero-order valence-electron chi connectivity index (χ0n) is 17.0. The fraction of sp³-hybridized carbons (Fsp3) is 0.348. The third-order valence-corrected chi connectivity index (χ3v) is 5.25. The van der Waals surface area contributed by atoms with Crippen LogP contribution < -0.4 is 16.4 Å². The molecule has 0 atom stereocenters. The van der Waals surface area contributed by atoms with E-state index < -0.39 is 5.91 Å². The monoisotopic (exact) mass is 408 g/mol. The summed E-state index contributed by atoms with van der Waals surface area (Å²) in [4.78, 5) is 37.4. The van der Waals surface area contributed by atoms with Crippen LogP contribution in [0.4, 0.5) is 4.79 Å². The van der Waals surface area contributed by atoms with Crippen LogP contribution in [-0.4, -0.2) is 42.4 Å². The van der Waals surface area contributed by atoms with E-state index in [1.54, 1.807) is 18.2 Å². The Morgan fingerprint density at radius 1 is 0.967 bits per heavy atom. The fourth-order valence-corrected chi connectivity index (χ4v) is 3.57. The number of carbonyl (C=O) groups excluding carboxylic acids is 3. The van der Waals surface area contributed by atoms with E-state index in [4.69, 9.17) is 5.73 Å². The minimum Gasteiger partial charge on any atom is -0.366 e. The van der Waals surface area contributed by atoms with E-state index in [-0.39, 0.29) is 11.9 Å². The van der Waals surface area contributed by atoms with E-state index >= 15 is 0 Å². The van der Waals surface area contributed by atoms with Gasteiger partial charge in [-0.2, -0.15) is 0 Å². The van der Waals surface area contributed by atoms with Crippen molar-refractivity contribution >= 4 is 17.8 Å². The van der Waals surface area contributed by atoms with Gasteiger partial charge < -0.3 is 21.3 Å². The standard InChI is InChI=1S/C23H28N4O3/c24-22(29)19-8-3-5-17(15-19)10-13-26-23(30)25-12-4-9-21(28)27-14-11-18-6-1-2-7-20(18)16-27/h1-3,5-8,15H,4,9-14,16H2,(H2,24,29)(H2,25,26,30). The molecule has 30 heavy (non-hydrogen) atoms. The number of nitrogens with one attached hydrogen (secondary N) is 2. The molecule has 4 amide bonds. The Bertz CT molecular complexity index is 913. The minimum absolute atomic E-state index is 0.126. The Balaban J connectivity index is 1.30. The van der Waals surface area contributed by atoms with Crippen molar-refractivity contribution in [1.82, 2.24) is 15.5 Å². The van der Waals surface area contributed by atoms with Crippen LogP contribution >= 0.6 is 0 Å². The molecule has 0 aliphatic carbocycles. The van der Waals surface area contributed by atoms with Crippen molar-refractivity contribution in [2.75, 3.05) is 19.6 Å². The maximum absolute atomic E-state index is 12.4. The molecule has 158 valence electrons. The smallest absolute Gasteiger partial charge is 0.314 e. The average molecular weight is 409 g/mol. The van der Waals surface area contributed by atoms with Crippen molar-refractivity contribution in [2.24, 2.45) is 5.73 Å². The first kappa shape index (κ1) is 21.4. The predicted molar refractivity (Wildman–Crippen MR) is 115 cm³/mol. The second kappa shape index (κ2) is 10.4. The molecule has 0 spiro atoms. The number of nitrogens with two attached hydrogens (primary N) is 1. The van der Waals surface area contributed by atoms with E-state index in [1.165, 1.54) is 11.1 Å². The highest BCUT2D eigenvalue weighted by Crippen LogP contribution is 2.19. The summed E-state index contributed by atoms with van der Waals surface area (Å²) >= 11 is 0. The highest BCUT2D eigenvalue weighted by molar-refractivity contribution is 5.92. The van der Waals surface area contributed by atoms with Crippen molar-refractivity contribution in [2.45, 2.75) is 32.2 Å². The molecule has 0 unspecified atom stereocenters. The molecule has 0 saturated carbocycles. The lowest BCUT2D eigenvalue weighted by molar-refractivity contribution is -0.132. The number of carbonyl (C=O) groups is 3. The minimum atomic E-state index is -0.467. The van der Waals surface area contributed by atoms with Crippen LogP contribution in [0.5, 0.6) is 0 Å². The second-order valence-electron chi connectivity index (χ2n) is 7.43. The molecule has 7 heteroatoms. The maximum atomic E-state index is 12.4. The van der Waals surface area contributed by atoms with Gasteiger partial charge in [0.25, 0.3) is 0 Å². The fourth-order valence-electron chi connectivity index (χ4n) is 3.57. The summed E-state index contributed by atoms with van der Waals surface area (Å²) in [6.45, 7) is 2.31. The topological polar surface area (TPSA) is 105 Å². The molecule has 0 saturated heterocycles. The summed E-state index contributed by atoms with van der Waals surface area (Å²) < 4.78 is 0. The molecule has 2 aromatic rings. The highest BCUT2D eigenvalue weighted by atomic mass is 16.2. The molecule has 1 heterocycles. The van der Waals surface area contributed by atoms with Gasteiger partial charge in [-0.3, -0.25) is 9.59 Å². The van der Waals surface area contributed by atoms with Gasteiger partial charge in [-0.25, -0.2) is 4.79 Å². The molecular weight excluding hydrogens is 380 g/mol. The normalized spacial score (nSPS) is 12.7. The number of rotatable bonds is 8. The Morgan fingerprint density at radius 3 is 2.53 bits per heavy atom. The van der Waals surface area contributed by atoms with Crippen molar-refractivity contribution in [3.63, 3.8) is 0 Å². The van der Waals surface area contributed by atoms with Crippen molar-refractivity contribution in [3.05, 3.63) is 70.8 Å². The van der Waals surface area contributed by atoms with Crippen molar-refractivity contribution in [1.29, 1.82) is 0 Å². The summed E-state index contributed by atoms with van der Waals surface area (Å²) in [6.07, 6.45) is 2.52. The van der Waals surface area contributed by atoms with Gasteiger partial charge in [-0.1, -0.05) is 36.4 Å². The highest BCUT2D eigenvalue weighted by Gasteiger charge is 2.19. The summed E-state index contributed by atoms with van der Waals surface area (Å²) in [6, 6.07) is 15.0. The second-order valence-corrected chi connectivity index (χ2v) is 7.43. The van der Waals surface area contributed by atoms with Crippen LogP contribution in [0.15, 0.2) is 48.5 Å². The summed E-state index contributed by atoms with van der Waals surface area (Å²) in [5.41, 5.74) is 9.20. The predicted octanol–water partition coefficient (Wildman–Crippen LogP) is 1.99. The largest absolute Gasteiger partial charge is 0.366 e. The first-order valence-corrected chi connectivity index (χ1v) is 10.3. The van der Waals surface area contributed by atoms with Gasteiger partial charge in [0.05, 0.1) is 0 Å². The number of hydrogen-bond donors (Lipinski definition) is 3. The van der Waals surface area contributed by atoms with Crippen LogP contribution in [0.25, 0.3) is 0 Å². The number of fused-ring (bicyclic) bond motifs is 1. The van der Waals surface area contributed by atoms with Gasteiger partial charge in [0.1, 0.15) is 0 Å². The Labute approximate surface area is 176 Å². The number of hydrogen-bond acceptors (Lipinski definition) is 3. The molecular formula is C23H28N4O3. The molecule has 1 aliphatic rings. The van der Waals surface area contributed by atoms with Crippen LogP contribution in [0.1, 0.15) is 39.9 Å². The summed E-state index contributed by atoms with van der Waals surface area (Å²) in [7, 11) is 0. The Kier molecular flexibility index (Phi) is 7.43. The zero-order chi connectivity index (χ0) is 21.3. The first-order chi connectivity index (χ1) is 14.5. The molecule has 0 fully saturated rings. The zero-order valence-corrected chi connectivity index (χ0v) is 17.0. The quantitative estimate of drug-likeness (QED) is 0.582. The molecule has 1 aliphatic heterocycles. The number of nitrogens with zero attached hydrogens (tertiary/aromatic N) is 1. The van der Waals surface area contributed by atoms with Gasteiger partial charge in [-0.15, -0.1) is 0 Å². The first-order valence-electron chi connectivity index (χ1n) is 10.3. The lowest BCUT2D eigenvalue weighted by atomic mass is 9.99. The molecule has 0 bridgehead atoms. The molecule has 0 radical (unpaired) electrons. The number of urea groups is 1. The Hall–Kier alpha value is -3.35. The van der Waals surface area contributed by atoms with Gasteiger partial charge in [0, 0.05) is 38.2 Å². The number of primary amides is 1. The SMILES string of the molecule is NC(=O)c1cccc(CCNC(=O)NCCCC(=O)N2CCc3ccccc3C2)c1. The van der Waals surface area contributed by atoms with E-state index in [9.17, 15) is 14.4 Å². The lowest BCUT2D eigenvalue weighted by Gasteiger charge is -2.29. The van der Waals surface area contributed by atoms with E-state index in [2.05, 4.69) is 22.8 Å². The van der Waals surface area contributed by atoms with Gasteiger partial charge in [0.15, 0.2) is 0 Å². The van der Waals surface area contributed by atoms with Crippen LogP contribution in [0, 0.1) is 0 Å². The van der Waals surface area contributed by atoms with Gasteiger partial charge >= 0.3 is 6.03 Å². The summed E-state index contributed by atoms with van der Waals surface area (Å²) in [5.74, 6) is -0.341. The third-order valence-electron chi connectivity index (χ3n) is 5.25. The van der Waals surface area contributed by atoms with Gasteiger partial charge in [-0.05, 0) is 48.1 Å². The molecule has 4 N–H and O–H groups in total. The molecule has 7 nitrogen and oxygen atoms in total. The summed E-state index contributed by atoms with van der Waals surface area (Å²) in [5, 5.41) is 5.56. The van der Waals surface area contributed by atoms with Crippen molar-refractivity contribution in [3.8, 4) is 0 Å². The third kappa shape index (κ3) is 6.07. The molecule has 3 rings (SSSR count). The lowest BCUT2D eigenvalue weighted by Crippen LogP contribution is -2.38. The Morgan fingerprint density at radius 2 is 1.73 bits per heavy atom. The van der Waals surface area contributed by atoms with E-state index in [1.807, 2.05) is 23.1 Å².